The minimum Gasteiger partial charge on any atom is -0.321 e. The van der Waals surface area contributed by atoms with Crippen molar-refractivity contribution in [2.24, 2.45) is 0 Å². The molecule has 0 saturated heterocycles. The van der Waals surface area contributed by atoms with Crippen LogP contribution < -0.4 is 5.32 Å². The second kappa shape index (κ2) is 6.39. The van der Waals surface area contributed by atoms with Crippen molar-refractivity contribution in [1.82, 2.24) is 0 Å². The van der Waals surface area contributed by atoms with Crippen molar-refractivity contribution in [1.29, 1.82) is 0 Å². The average Bonchev–Trinajstić information content (AvgIpc) is 2.68. The van der Waals surface area contributed by atoms with Gasteiger partial charge in [-0.1, -0.05) is 15.9 Å². The van der Waals surface area contributed by atoms with Gasteiger partial charge in [-0.15, -0.1) is 11.3 Å². The first-order chi connectivity index (χ1) is 9.66. The molecular weight excluding hydrogens is 503 g/mol. The molecule has 0 atom stereocenters. The molecule has 1 N–H and O–H groups in total. The molecule has 21 heavy (non-hydrogen) atoms. The van der Waals surface area contributed by atoms with Crippen molar-refractivity contribution in [2.45, 2.75) is 6.18 Å². The van der Waals surface area contributed by atoms with E-state index in [0.29, 0.717) is 9.35 Å². The molecule has 0 aliphatic rings. The normalized spacial score (nSPS) is 11.5. The number of thiophene rings is 1. The molecule has 1 heterocycles. The van der Waals surface area contributed by atoms with Gasteiger partial charge in [0.2, 0.25) is 0 Å². The van der Waals surface area contributed by atoms with Gasteiger partial charge in [0, 0.05) is 14.6 Å². The lowest BCUT2D eigenvalue weighted by Crippen LogP contribution is -2.12. The summed E-state index contributed by atoms with van der Waals surface area (Å²) >= 11 is 10.7. The van der Waals surface area contributed by atoms with Gasteiger partial charge >= 0.3 is 6.18 Å². The fourth-order valence-electron chi connectivity index (χ4n) is 1.48. The van der Waals surface area contributed by atoms with Crippen molar-refractivity contribution in [2.75, 3.05) is 5.32 Å². The van der Waals surface area contributed by atoms with Crippen LogP contribution in [0.2, 0.25) is 0 Å². The van der Waals surface area contributed by atoms with E-state index in [2.05, 4.69) is 53.1 Å². The summed E-state index contributed by atoms with van der Waals surface area (Å²) in [7, 11) is 0. The van der Waals surface area contributed by atoms with Crippen LogP contribution in [0.3, 0.4) is 0 Å². The molecule has 1 aromatic carbocycles. The zero-order chi connectivity index (χ0) is 15.8. The molecule has 0 aliphatic heterocycles. The van der Waals surface area contributed by atoms with Crippen LogP contribution in [-0.2, 0) is 6.18 Å². The van der Waals surface area contributed by atoms with E-state index < -0.39 is 17.6 Å². The highest BCUT2D eigenvalue weighted by atomic mass is 79.9. The van der Waals surface area contributed by atoms with Crippen LogP contribution in [0, 0.1) is 0 Å². The fraction of sp³-hybridized carbons (Fsp3) is 0.0833. The summed E-state index contributed by atoms with van der Waals surface area (Å²) in [5.41, 5.74) is -0.761. The maximum Gasteiger partial charge on any atom is 0.416 e. The predicted molar refractivity (Wildman–Crippen MR) is 86.8 cm³/mol. The molecule has 2 nitrogen and oxygen atoms in total. The van der Waals surface area contributed by atoms with E-state index in [-0.39, 0.29) is 10.2 Å². The van der Waals surface area contributed by atoms with Crippen LogP contribution in [0.4, 0.5) is 18.9 Å². The maximum atomic E-state index is 12.7. The van der Waals surface area contributed by atoms with E-state index in [4.69, 9.17) is 0 Å². The SMILES string of the molecule is O=C(Nc1cc(Br)cc(C(F)(F)F)c1)c1cc(Br)c(Br)s1. The van der Waals surface area contributed by atoms with E-state index in [0.717, 1.165) is 15.9 Å². The Balaban J connectivity index is 2.27. The molecule has 1 amide bonds. The number of hydrogen-bond acceptors (Lipinski definition) is 2. The lowest BCUT2D eigenvalue weighted by atomic mass is 10.2. The standard InChI is InChI=1S/C12H5Br3F3NOS/c13-6-1-5(12(16,17)18)2-7(3-6)19-11(20)9-4-8(14)10(15)21-9/h1-4H,(H,19,20). The Labute approximate surface area is 147 Å². The molecule has 0 unspecified atom stereocenters. The van der Waals surface area contributed by atoms with E-state index in [1.54, 1.807) is 6.07 Å². The topological polar surface area (TPSA) is 29.1 Å². The van der Waals surface area contributed by atoms with Crippen LogP contribution in [0.25, 0.3) is 0 Å². The van der Waals surface area contributed by atoms with Gasteiger partial charge in [0.05, 0.1) is 14.2 Å². The molecule has 0 radical (unpaired) electrons. The molecule has 0 fully saturated rings. The maximum absolute atomic E-state index is 12.7. The van der Waals surface area contributed by atoms with Crippen LogP contribution in [0.15, 0.2) is 37.0 Å². The van der Waals surface area contributed by atoms with Crippen molar-refractivity contribution < 1.29 is 18.0 Å². The summed E-state index contributed by atoms with van der Waals surface area (Å²) in [6.07, 6.45) is -4.47. The number of rotatable bonds is 2. The summed E-state index contributed by atoms with van der Waals surface area (Å²) in [4.78, 5) is 12.4. The first-order valence-electron chi connectivity index (χ1n) is 5.31. The number of benzene rings is 1. The van der Waals surface area contributed by atoms with E-state index >= 15 is 0 Å². The first-order valence-corrected chi connectivity index (χ1v) is 8.50. The lowest BCUT2D eigenvalue weighted by molar-refractivity contribution is -0.137. The van der Waals surface area contributed by atoms with Crippen molar-refractivity contribution >= 4 is 70.7 Å². The highest BCUT2D eigenvalue weighted by Crippen LogP contribution is 2.35. The zero-order valence-corrected chi connectivity index (χ0v) is 15.5. The summed E-state index contributed by atoms with van der Waals surface area (Å²) in [6.45, 7) is 0. The Morgan fingerprint density at radius 3 is 2.29 bits per heavy atom. The van der Waals surface area contributed by atoms with Crippen LogP contribution in [0.5, 0.6) is 0 Å². The molecule has 0 bridgehead atoms. The lowest BCUT2D eigenvalue weighted by Gasteiger charge is -2.10. The summed E-state index contributed by atoms with van der Waals surface area (Å²) in [5, 5.41) is 2.45. The predicted octanol–water partition coefficient (Wildman–Crippen LogP) is 6.31. The molecule has 0 spiro atoms. The molecule has 2 aromatic rings. The molecule has 0 saturated carbocycles. The van der Waals surface area contributed by atoms with Gasteiger partial charge < -0.3 is 5.32 Å². The number of carbonyl (C=O) groups is 1. The summed E-state index contributed by atoms with van der Waals surface area (Å²) in [5.74, 6) is -0.474. The van der Waals surface area contributed by atoms with Gasteiger partial charge in [0.15, 0.2) is 0 Å². The van der Waals surface area contributed by atoms with Gasteiger partial charge in [0.1, 0.15) is 0 Å². The molecule has 0 aliphatic carbocycles. The van der Waals surface area contributed by atoms with Gasteiger partial charge in [-0.3, -0.25) is 4.79 Å². The fourth-order valence-corrected chi connectivity index (χ4v) is 3.90. The van der Waals surface area contributed by atoms with Crippen LogP contribution in [0.1, 0.15) is 15.2 Å². The number of halogens is 6. The van der Waals surface area contributed by atoms with Gasteiger partial charge in [-0.2, -0.15) is 13.2 Å². The second-order valence-electron chi connectivity index (χ2n) is 3.91. The second-order valence-corrected chi connectivity index (χ2v) is 8.05. The first kappa shape index (κ1) is 17.0. The third-order valence-electron chi connectivity index (χ3n) is 2.35. The van der Waals surface area contributed by atoms with E-state index in [9.17, 15) is 18.0 Å². The quantitative estimate of drug-likeness (QED) is 0.507. The minimum atomic E-state index is -4.47. The van der Waals surface area contributed by atoms with Gasteiger partial charge in [-0.05, 0) is 56.1 Å². The van der Waals surface area contributed by atoms with Gasteiger partial charge in [0.25, 0.3) is 5.91 Å². The summed E-state index contributed by atoms with van der Waals surface area (Å²) < 4.78 is 39.8. The third-order valence-corrected chi connectivity index (χ3v) is 6.06. The van der Waals surface area contributed by atoms with E-state index in [1.807, 2.05) is 0 Å². The highest BCUT2D eigenvalue weighted by molar-refractivity contribution is 9.13. The third kappa shape index (κ3) is 4.30. The Morgan fingerprint density at radius 1 is 1.10 bits per heavy atom. The Bertz CT molecular complexity index is 680. The smallest absolute Gasteiger partial charge is 0.321 e. The molecule has 1 aromatic heterocycles. The number of nitrogens with one attached hydrogen (secondary N) is 1. The molecular formula is C12H5Br3F3NOS. The van der Waals surface area contributed by atoms with Crippen molar-refractivity contribution in [3.8, 4) is 0 Å². The summed E-state index contributed by atoms with van der Waals surface area (Å²) in [6, 6.07) is 4.84. The largest absolute Gasteiger partial charge is 0.416 e. The number of amides is 1. The van der Waals surface area contributed by atoms with E-state index in [1.165, 1.54) is 17.4 Å². The minimum absolute atomic E-state index is 0.0716. The number of anilines is 1. The van der Waals surface area contributed by atoms with Crippen LogP contribution >= 0.6 is 59.1 Å². The molecule has 112 valence electrons. The Morgan fingerprint density at radius 2 is 1.76 bits per heavy atom. The van der Waals surface area contributed by atoms with Crippen LogP contribution in [-0.4, -0.2) is 5.91 Å². The highest BCUT2D eigenvalue weighted by Gasteiger charge is 2.31. The Kier molecular flexibility index (Phi) is 5.17. The molecule has 2 rings (SSSR count). The average molecular weight is 508 g/mol. The van der Waals surface area contributed by atoms with Crippen molar-refractivity contribution in [3.63, 3.8) is 0 Å². The monoisotopic (exact) mass is 505 g/mol. The number of alkyl halides is 3. The molecule has 9 heteroatoms. The van der Waals surface area contributed by atoms with Gasteiger partial charge in [-0.25, -0.2) is 0 Å². The number of hydrogen-bond donors (Lipinski definition) is 1. The number of carbonyl (C=O) groups excluding carboxylic acids is 1. The Hall–Kier alpha value is -0.380. The van der Waals surface area contributed by atoms with Crippen molar-refractivity contribution in [3.05, 3.63) is 47.4 Å². The zero-order valence-electron chi connectivity index (χ0n) is 9.89.